The highest BCUT2D eigenvalue weighted by atomic mass is 35.5. The Bertz CT molecular complexity index is 791. The maximum Gasteiger partial charge on any atom is 0.265 e. The van der Waals surface area contributed by atoms with Crippen molar-refractivity contribution in [3.05, 3.63) is 24.3 Å². The Morgan fingerprint density at radius 1 is 1.30 bits per heavy atom. The maximum absolute atomic E-state index is 13.2. The van der Waals surface area contributed by atoms with Crippen molar-refractivity contribution in [2.45, 2.75) is 36.3 Å². The van der Waals surface area contributed by atoms with Crippen molar-refractivity contribution in [3.63, 3.8) is 0 Å². The van der Waals surface area contributed by atoms with E-state index in [2.05, 4.69) is 16.7 Å². The van der Waals surface area contributed by atoms with Gasteiger partial charge in [-0.05, 0) is 50.6 Å². The van der Waals surface area contributed by atoms with Crippen LogP contribution in [0.4, 0.5) is 0 Å². The molecule has 1 aliphatic rings. The van der Waals surface area contributed by atoms with Gasteiger partial charge in [0.25, 0.3) is 5.91 Å². The minimum absolute atomic E-state index is 0. The molecule has 0 bridgehead atoms. The molecular weight excluding hydrogens is 392 g/mol. The third-order valence-electron chi connectivity index (χ3n) is 4.76. The van der Waals surface area contributed by atoms with E-state index in [4.69, 9.17) is 9.94 Å². The van der Waals surface area contributed by atoms with Gasteiger partial charge in [-0.25, -0.2) is 13.9 Å². The molecule has 1 amide bonds. The minimum atomic E-state index is -3.99. The third-order valence-corrected chi connectivity index (χ3v) is 7.28. The summed E-state index contributed by atoms with van der Waals surface area (Å²) in [6, 6.07) is 5.91. The lowest BCUT2D eigenvalue weighted by Gasteiger charge is -2.39. The van der Waals surface area contributed by atoms with E-state index in [-0.39, 0.29) is 36.8 Å². The Balaban J connectivity index is 0.00000364. The molecule has 2 rings (SSSR count). The number of benzene rings is 1. The van der Waals surface area contributed by atoms with Crippen molar-refractivity contribution in [1.29, 1.82) is 0 Å². The molecule has 0 atom stereocenters. The van der Waals surface area contributed by atoms with Crippen LogP contribution in [0.15, 0.2) is 29.2 Å². The number of hydroxylamine groups is 1. The van der Waals surface area contributed by atoms with E-state index in [0.717, 1.165) is 6.54 Å². The van der Waals surface area contributed by atoms with Crippen molar-refractivity contribution in [1.82, 2.24) is 10.4 Å². The largest absolute Gasteiger partial charge is 0.481 e. The molecular formula is C18H25ClN2O5S. The molecule has 1 aliphatic heterocycles. The second kappa shape index (κ2) is 9.95. The first-order valence-corrected chi connectivity index (χ1v) is 9.93. The number of rotatable bonds is 6. The van der Waals surface area contributed by atoms with Gasteiger partial charge < -0.3 is 9.64 Å². The Hall–Kier alpha value is -1.79. The number of hydrogen-bond acceptors (Lipinski definition) is 6. The highest BCUT2D eigenvalue weighted by molar-refractivity contribution is 7.93. The van der Waals surface area contributed by atoms with Crippen LogP contribution in [0.1, 0.15) is 26.7 Å². The number of hydrogen-bond donors (Lipinski definition) is 2. The fourth-order valence-corrected chi connectivity index (χ4v) is 5.04. The van der Waals surface area contributed by atoms with Gasteiger partial charge in [-0.3, -0.25) is 10.0 Å². The molecule has 1 fully saturated rings. The Labute approximate surface area is 166 Å². The second-order valence-electron chi connectivity index (χ2n) is 6.06. The monoisotopic (exact) mass is 416 g/mol. The highest BCUT2D eigenvalue weighted by Crippen LogP contribution is 2.36. The van der Waals surface area contributed by atoms with E-state index in [0.29, 0.717) is 18.8 Å². The summed E-state index contributed by atoms with van der Waals surface area (Å²) < 4.78 is 30.2. The topological polar surface area (TPSA) is 95.9 Å². The Kier molecular flexibility index (Phi) is 8.57. The summed E-state index contributed by atoms with van der Waals surface area (Å²) in [4.78, 5) is 14.4. The smallest absolute Gasteiger partial charge is 0.265 e. The van der Waals surface area contributed by atoms with Crippen molar-refractivity contribution >= 4 is 28.2 Å². The van der Waals surface area contributed by atoms with Gasteiger partial charge >= 0.3 is 0 Å². The Morgan fingerprint density at radius 2 is 1.89 bits per heavy atom. The van der Waals surface area contributed by atoms with E-state index in [1.165, 1.54) is 24.3 Å². The van der Waals surface area contributed by atoms with E-state index >= 15 is 0 Å². The third kappa shape index (κ3) is 4.74. The minimum Gasteiger partial charge on any atom is -0.481 e. The summed E-state index contributed by atoms with van der Waals surface area (Å²) in [5.41, 5.74) is 1.55. The molecule has 0 unspecified atom stereocenters. The van der Waals surface area contributed by atoms with E-state index < -0.39 is 20.5 Å². The van der Waals surface area contributed by atoms with Gasteiger partial charge in [0.15, 0.2) is 14.6 Å². The zero-order chi connectivity index (χ0) is 19.2. The lowest BCUT2D eigenvalue weighted by molar-refractivity contribution is -0.133. The van der Waals surface area contributed by atoms with Crippen molar-refractivity contribution in [3.8, 4) is 17.6 Å². The van der Waals surface area contributed by atoms with Crippen LogP contribution in [0.5, 0.6) is 5.75 Å². The van der Waals surface area contributed by atoms with Crippen LogP contribution in [-0.4, -0.2) is 55.4 Å². The van der Waals surface area contributed by atoms with Crippen molar-refractivity contribution < 1.29 is 23.2 Å². The summed E-state index contributed by atoms with van der Waals surface area (Å²) in [7, 11) is -3.99. The number of halogens is 1. The summed E-state index contributed by atoms with van der Waals surface area (Å²) in [5, 5.41) is 9.14. The van der Waals surface area contributed by atoms with Crippen LogP contribution >= 0.6 is 12.4 Å². The normalized spacial score (nSPS) is 16.4. The first-order valence-electron chi connectivity index (χ1n) is 8.45. The second-order valence-corrected chi connectivity index (χ2v) is 8.32. The maximum atomic E-state index is 13.2. The lowest BCUT2D eigenvalue weighted by atomic mass is 9.95. The van der Waals surface area contributed by atoms with Crippen molar-refractivity contribution in [2.75, 3.05) is 26.2 Å². The zero-order valence-corrected chi connectivity index (χ0v) is 17.0. The van der Waals surface area contributed by atoms with Crippen LogP contribution in [0.2, 0.25) is 0 Å². The number of nitrogens with zero attached hydrogens (tertiary/aromatic N) is 1. The number of ether oxygens (including phenoxy) is 1. The number of piperidine rings is 1. The summed E-state index contributed by atoms with van der Waals surface area (Å²) in [5.74, 6) is 5.07. The first-order chi connectivity index (χ1) is 12.4. The fraction of sp³-hybridized carbons (Fsp3) is 0.500. The molecule has 150 valence electrons. The van der Waals surface area contributed by atoms with Crippen LogP contribution < -0.4 is 10.2 Å². The molecule has 0 aromatic heterocycles. The van der Waals surface area contributed by atoms with Crippen LogP contribution in [0.3, 0.4) is 0 Å². The summed E-state index contributed by atoms with van der Waals surface area (Å²) in [6.45, 7) is 5.62. The average Bonchev–Trinajstić information content (AvgIpc) is 2.67. The molecule has 0 aliphatic carbocycles. The lowest BCUT2D eigenvalue weighted by Crippen LogP contribution is -2.57. The quantitative estimate of drug-likeness (QED) is 0.416. The standard InChI is InChI=1S/C18H24N2O5S.ClH/c1-3-5-14-25-15-6-8-16(9-7-15)26(23,24)18(17(21)19-22)10-12-20(4-2)13-11-18;/h6-9,22H,4,10-14H2,1-2H3,(H,19,21);1H. The number of likely N-dealkylation sites (tertiary alicyclic amines) is 1. The molecule has 0 saturated carbocycles. The molecule has 2 N–H and O–H groups in total. The van der Waals surface area contributed by atoms with Crippen LogP contribution in [0.25, 0.3) is 0 Å². The van der Waals surface area contributed by atoms with Gasteiger partial charge in [-0.2, -0.15) is 0 Å². The Morgan fingerprint density at radius 3 is 2.37 bits per heavy atom. The van der Waals surface area contributed by atoms with Gasteiger partial charge in [0, 0.05) is 13.1 Å². The molecule has 9 heteroatoms. The molecule has 1 aromatic carbocycles. The van der Waals surface area contributed by atoms with Crippen LogP contribution in [-0.2, 0) is 14.6 Å². The molecule has 1 aromatic rings. The van der Waals surface area contributed by atoms with Crippen LogP contribution in [0, 0.1) is 11.8 Å². The number of carbonyl (C=O) groups is 1. The number of amides is 1. The van der Waals surface area contributed by atoms with Gasteiger partial charge in [0.2, 0.25) is 0 Å². The van der Waals surface area contributed by atoms with E-state index in [1.807, 2.05) is 6.92 Å². The molecule has 27 heavy (non-hydrogen) atoms. The fourth-order valence-electron chi connectivity index (χ4n) is 3.08. The molecule has 0 radical (unpaired) electrons. The first kappa shape index (κ1) is 23.2. The highest BCUT2D eigenvalue weighted by Gasteiger charge is 2.52. The SMILES string of the molecule is CC#CCOc1ccc(S(=O)(=O)C2(C(=O)NO)CCN(CC)CC2)cc1.Cl. The zero-order valence-electron chi connectivity index (χ0n) is 15.4. The predicted molar refractivity (Wildman–Crippen MR) is 104 cm³/mol. The van der Waals surface area contributed by atoms with Gasteiger partial charge in [0.1, 0.15) is 12.4 Å². The molecule has 1 saturated heterocycles. The summed E-state index contributed by atoms with van der Waals surface area (Å²) in [6.07, 6.45) is 0.250. The molecule has 7 nitrogen and oxygen atoms in total. The van der Waals surface area contributed by atoms with Crippen molar-refractivity contribution in [2.24, 2.45) is 0 Å². The number of sulfone groups is 1. The summed E-state index contributed by atoms with van der Waals surface area (Å²) >= 11 is 0. The predicted octanol–water partition coefficient (Wildman–Crippen LogP) is 1.64. The van der Waals surface area contributed by atoms with Gasteiger partial charge in [-0.1, -0.05) is 12.8 Å². The average molecular weight is 417 g/mol. The molecule has 1 heterocycles. The van der Waals surface area contributed by atoms with E-state index in [9.17, 15) is 13.2 Å². The number of nitrogens with one attached hydrogen (secondary N) is 1. The van der Waals surface area contributed by atoms with Gasteiger partial charge in [-0.15, -0.1) is 18.3 Å². The molecule has 0 spiro atoms. The number of carbonyl (C=O) groups excluding carboxylic acids is 1. The van der Waals surface area contributed by atoms with Gasteiger partial charge in [0.05, 0.1) is 4.90 Å². The van der Waals surface area contributed by atoms with E-state index in [1.54, 1.807) is 12.4 Å².